The fourth-order valence-corrected chi connectivity index (χ4v) is 1.66. The van der Waals surface area contributed by atoms with Crippen LogP contribution in [-0.4, -0.2) is 17.8 Å². The highest BCUT2D eigenvalue weighted by molar-refractivity contribution is 6.01. The SMILES string of the molecule is CO/N=C1/CCCc2ncccc21. The van der Waals surface area contributed by atoms with Crippen molar-refractivity contribution in [3.8, 4) is 0 Å². The third kappa shape index (κ3) is 1.54. The zero-order valence-electron chi connectivity index (χ0n) is 7.66. The molecule has 13 heavy (non-hydrogen) atoms. The number of rotatable bonds is 1. The van der Waals surface area contributed by atoms with Gasteiger partial charge in [0.05, 0.1) is 5.71 Å². The Morgan fingerprint density at radius 2 is 2.38 bits per heavy atom. The molecule has 0 radical (unpaired) electrons. The standard InChI is InChI=1S/C10H12N2O/c1-13-12-10-6-2-5-9-8(10)4-3-7-11-9/h3-4,7H,2,5-6H2,1H3/b12-10-. The molecule has 0 saturated carbocycles. The van der Waals surface area contributed by atoms with Crippen LogP contribution in [0.25, 0.3) is 0 Å². The second-order valence-electron chi connectivity index (χ2n) is 3.07. The number of pyridine rings is 1. The summed E-state index contributed by atoms with van der Waals surface area (Å²) >= 11 is 0. The van der Waals surface area contributed by atoms with Gasteiger partial charge in [-0.25, -0.2) is 0 Å². The minimum atomic E-state index is 0.993. The van der Waals surface area contributed by atoms with Gasteiger partial charge in [-0.05, 0) is 31.4 Å². The van der Waals surface area contributed by atoms with Crippen LogP contribution in [0.15, 0.2) is 23.5 Å². The van der Waals surface area contributed by atoms with Crippen LogP contribution in [0, 0.1) is 0 Å². The molecule has 3 heteroatoms. The number of hydrogen-bond donors (Lipinski definition) is 0. The van der Waals surface area contributed by atoms with Crippen LogP contribution in [0.2, 0.25) is 0 Å². The van der Waals surface area contributed by atoms with Crippen molar-refractivity contribution >= 4 is 5.71 Å². The van der Waals surface area contributed by atoms with E-state index < -0.39 is 0 Å². The summed E-state index contributed by atoms with van der Waals surface area (Å²) in [5.41, 5.74) is 3.32. The lowest BCUT2D eigenvalue weighted by molar-refractivity contribution is 0.212. The molecule has 0 atom stereocenters. The number of hydrogen-bond acceptors (Lipinski definition) is 3. The van der Waals surface area contributed by atoms with Crippen LogP contribution in [0.5, 0.6) is 0 Å². The molecule has 0 unspecified atom stereocenters. The monoisotopic (exact) mass is 176 g/mol. The number of fused-ring (bicyclic) bond motifs is 1. The number of aromatic nitrogens is 1. The molecule has 1 aliphatic carbocycles. The van der Waals surface area contributed by atoms with E-state index in [4.69, 9.17) is 4.84 Å². The molecule has 0 fully saturated rings. The summed E-state index contributed by atoms with van der Waals surface area (Å²) in [5, 5.41) is 4.00. The minimum absolute atomic E-state index is 0.993. The van der Waals surface area contributed by atoms with Gasteiger partial charge in [0.25, 0.3) is 0 Å². The molecule has 0 aliphatic heterocycles. The number of nitrogens with zero attached hydrogens (tertiary/aromatic N) is 2. The molecule has 0 N–H and O–H groups in total. The molecule has 0 amide bonds. The van der Waals surface area contributed by atoms with Gasteiger partial charge in [-0.1, -0.05) is 5.16 Å². The molecule has 1 heterocycles. The lowest BCUT2D eigenvalue weighted by atomic mass is 9.94. The Balaban J connectivity index is 2.42. The largest absolute Gasteiger partial charge is 0.399 e. The fraction of sp³-hybridized carbons (Fsp3) is 0.400. The van der Waals surface area contributed by atoms with Gasteiger partial charge in [0.1, 0.15) is 7.11 Å². The van der Waals surface area contributed by atoms with Crippen LogP contribution in [-0.2, 0) is 11.3 Å². The maximum Gasteiger partial charge on any atom is 0.106 e. The third-order valence-electron chi connectivity index (χ3n) is 2.23. The van der Waals surface area contributed by atoms with Crippen LogP contribution >= 0.6 is 0 Å². The summed E-state index contributed by atoms with van der Waals surface area (Å²) in [6.45, 7) is 0. The smallest absolute Gasteiger partial charge is 0.106 e. The first-order chi connectivity index (χ1) is 6.42. The van der Waals surface area contributed by atoms with Gasteiger partial charge in [-0.2, -0.15) is 0 Å². The summed E-state index contributed by atoms with van der Waals surface area (Å²) in [7, 11) is 1.58. The Morgan fingerprint density at radius 3 is 3.23 bits per heavy atom. The van der Waals surface area contributed by atoms with E-state index in [1.165, 1.54) is 0 Å². The van der Waals surface area contributed by atoms with Gasteiger partial charge < -0.3 is 4.84 Å². The zero-order valence-corrected chi connectivity index (χ0v) is 7.66. The Labute approximate surface area is 77.4 Å². The van der Waals surface area contributed by atoms with E-state index in [1.807, 2.05) is 12.3 Å². The topological polar surface area (TPSA) is 34.5 Å². The Kier molecular flexibility index (Phi) is 2.25. The summed E-state index contributed by atoms with van der Waals surface area (Å²) in [5.74, 6) is 0. The van der Waals surface area contributed by atoms with E-state index in [0.29, 0.717) is 0 Å². The first-order valence-corrected chi connectivity index (χ1v) is 4.46. The van der Waals surface area contributed by atoms with Gasteiger partial charge in [0, 0.05) is 17.5 Å². The van der Waals surface area contributed by atoms with Crippen LogP contribution in [0.3, 0.4) is 0 Å². The van der Waals surface area contributed by atoms with Crippen molar-refractivity contribution in [2.45, 2.75) is 19.3 Å². The lowest BCUT2D eigenvalue weighted by Gasteiger charge is -2.15. The van der Waals surface area contributed by atoms with E-state index >= 15 is 0 Å². The highest BCUT2D eigenvalue weighted by Gasteiger charge is 2.15. The highest BCUT2D eigenvalue weighted by Crippen LogP contribution is 2.19. The summed E-state index contributed by atoms with van der Waals surface area (Å²) in [4.78, 5) is 9.11. The average molecular weight is 176 g/mol. The molecular weight excluding hydrogens is 164 g/mol. The molecule has 3 nitrogen and oxygen atoms in total. The molecule has 0 spiro atoms. The maximum atomic E-state index is 4.80. The maximum absolute atomic E-state index is 4.80. The molecule has 1 aromatic heterocycles. The summed E-state index contributed by atoms with van der Waals surface area (Å²) in [6.07, 6.45) is 4.99. The van der Waals surface area contributed by atoms with Gasteiger partial charge in [0.2, 0.25) is 0 Å². The minimum Gasteiger partial charge on any atom is -0.399 e. The van der Waals surface area contributed by atoms with Gasteiger partial charge in [-0.3, -0.25) is 4.98 Å². The molecule has 1 aromatic rings. The average Bonchev–Trinajstić information content (AvgIpc) is 2.19. The predicted octanol–water partition coefficient (Wildman–Crippen LogP) is 1.77. The molecule has 0 bridgehead atoms. The molecule has 0 saturated heterocycles. The third-order valence-corrected chi connectivity index (χ3v) is 2.23. The molecular formula is C10H12N2O. The van der Waals surface area contributed by atoms with Gasteiger partial charge in [-0.15, -0.1) is 0 Å². The lowest BCUT2D eigenvalue weighted by Crippen LogP contribution is -2.13. The van der Waals surface area contributed by atoms with Crippen molar-refractivity contribution in [3.63, 3.8) is 0 Å². The second kappa shape index (κ2) is 3.56. The van der Waals surface area contributed by atoms with Crippen molar-refractivity contribution in [1.29, 1.82) is 0 Å². The quantitative estimate of drug-likeness (QED) is 0.611. The summed E-state index contributed by atoms with van der Waals surface area (Å²) in [6, 6.07) is 3.99. The molecule has 1 aliphatic rings. The van der Waals surface area contributed by atoms with E-state index in [0.717, 1.165) is 36.2 Å². The van der Waals surface area contributed by atoms with Crippen molar-refractivity contribution in [3.05, 3.63) is 29.6 Å². The Bertz CT molecular complexity index is 333. The van der Waals surface area contributed by atoms with Crippen LogP contribution < -0.4 is 0 Å². The summed E-state index contributed by atoms with van der Waals surface area (Å²) < 4.78 is 0. The normalized spacial score (nSPS) is 18.4. The van der Waals surface area contributed by atoms with Crippen molar-refractivity contribution in [1.82, 2.24) is 4.98 Å². The Hall–Kier alpha value is -1.38. The number of aryl methyl sites for hydroxylation is 1. The predicted molar refractivity (Wildman–Crippen MR) is 50.7 cm³/mol. The van der Waals surface area contributed by atoms with E-state index in [9.17, 15) is 0 Å². The van der Waals surface area contributed by atoms with Crippen molar-refractivity contribution in [2.75, 3.05) is 7.11 Å². The first-order valence-electron chi connectivity index (χ1n) is 4.46. The first kappa shape index (κ1) is 8.23. The molecule has 2 rings (SSSR count). The van der Waals surface area contributed by atoms with Crippen LogP contribution in [0.4, 0.5) is 0 Å². The van der Waals surface area contributed by atoms with Gasteiger partial charge in [0.15, 0.2) is 0 Å². The van der Waals surface area contributed by atoms with Crippen molar-refractivity contribution < 1.29 is 4.84 Å². The number of oxime groups is 1. The highest BCUT2D eigenvalue weighted by atomic mass is 16.6. The van der Waals surface area contributed by atoms with Gasteiger partial charge >= 0.3 is 0 Å². The molecule has 0 aromatic carbocycles. The van der Waals surface area contributed by atoms with E-state index in [-0.39, 0.29) is 0 Å². The second-order valence-corrected chi connectivity index (χ2v) is 3.07. The van der Waals surface area contributed by atoms with E-state index in [1.54, 1.807) is 7.11 Å². The van der Waals surface area contributed by atoms with E-state index in [2.05, 4.69) is 16.2 Å². The fourth-order valence-electron chi connectivity index (χ4n) is 1.66. The van der Waals surface area contributed by atoms with Crippen molar-refractivity contribution in [2.24, 2.45) is 5.16 Å². The Morgan fingerprint density at radius 1 is 1.46 bits per heavy atom. The molecule has 68 valence electrons. The zero-order chi connectivity index (χ0) is 9.10. The van der Waals surface area contributed by atoms with Crippen LogP contribution in [0.1, 0.15) is 24.1 Å².